The van der Waals surface area contributed by atoms with Gasteiger partial charge in [0, 0.05) is 16.7 Å². The van der Waals surface area contributed by atoms with Gasteiger partial charge >= 0.3 is 5.97 Å². The Bertz CT molecular complexity index is 658. The largest absolute Gasteiger partial charge is 0.493 e. The summed E-state index contributed by atoms with van der Waals surface area (Å²) in [5.74, 6) is 0.138. The van der Waals surface area contributed by atoms with Gasteiger partial charge in [0.15, 0.2) is 11.5 Å². The molecular weight excluding hydrogens is 326 g/mol. The van der Waals surface area contributed by atoms with Gasteiger partial charge in [-0.25, -0.2) is 9.78 Å². The molecule has 0 fully saturated rings. The van der Waals surface area contributed by atoms with Gasteiger partial charge in [0.25, 0.3) is 0 Å². The maximum Gasteiger partial charge on any atom is 0.335 e. The Hall–Kier alpha value is -2.08. The quantitative estimate of drug-likeness (QED) is 0.922. The van der Waals surface area contributed by atoms with Crippen molar-refractivity contribution in [1.29, 1.82) is 0 Å². The third-order valence-corrected chi connectivity index (χ3v) is 3.48. The number of methoxy groups -OCH3 is 1. The van der Waals surface area contributed by atoms with Gasteiger partial charge in [-0.2, -0.15) is 0 Å². The number of carboxylic acids is 1. The van der Waals surface area contributed by atoms with E-state index in [-0.39, 0.29) is 5.56 Å². The number of benzene rings is 1. The molecule has 6 heteroatoms. The van der Waals surface area contributed by atoms with Crippen LogP contribution in [0.5, 0.6) is 17.4 Å². The first-order valence-electron chi connectivity index (χ1n) is 5.72. The Kier molecular flexibility index (Phi) is 4.24. The van der Waals surface area contributed by atoms with Crippen molar-refractivity contribution in [2.24, 2.45) is 0 Å². The summed E-state index contributed by atoms with van der Waals surface area (Å²) in [6, 6.07) is 6.17. The van der Waals surface area contributed by atoms with Crippen molar-refractivity contribution in [3.63, 3.8) is 0 Å². The van der Waals surface area contributed by atoms with Gasteiger partial charge in [0.2, 0.25) is 5.88 Å². The predicted molar refractivity (Wildman–Crippen MR) is 76.7 cm³/mol. The normalized spacial score (nSPS) is 10.2. The smallest absolute Gasteiger partial charge is 0.335 e. The fraction of sp³-hybridized carbons (Fsp3) is 0.143. The average Bonchev–Trinajstić information content (AvgIpc) is 2.43. The number of aromatic carboxylic acids is 1. The minimum Gasteiger partial charge on any atom is -0.493 e. The molecule has 1 N–H and O–H groups in total. The summed E-state index contributed by atoms with van der Waals surface area (Å²) in [6.45, 7) is 1.92. The minimum absolute atomic E-state index is 0.133. The van der Waals surface area contributed by atoms with Gasteiger partial charge in [-0.05, 0) is 46.6 Å². The monoisotopic (exact) mass is 337 g/mol. The van der Waals surface area contributed by atoms with Crippen molar-refractivity contribution >= 4 is 21.9 Å². The molecule has 0 aliphatic heterocycles. The van der Waals surface area contributed by atoms with Crippen molar-refractivity contribution in [2.45, 2.75) is 6.92 Å². The van der Waals surface area contributed by atoms with Crippen LogP contribution in [0.3, 0.4) is 0 Å². The number of hydrogen-bond acceptors (Lipinski definition) is 4. The first-order chi connectivity index (χ1) is 9.51. The molecule has 0 aliphatic carbocycles. The van der Waals surface area contributed by atoms with Gasteiger partial charge in [-0.15, -0.1) is 0 Å². The van der Waals surface area contributed by atoms with Crippen molar-refractivity contribution in [1.82, 2.24) is 4.98 Å². The number of ether oxygens (including phenoxy) is 2. The van der Waals surface area contributed by atoms with Crippen LogP contribution in [-0.4, -0.2) is 23.2 Å². The highest BCUT2D eigenvalue weighted by atomic mass is 79.9. The van der Waals surface area contributed by atoms with E-state index in [9.17, 15) is 4.79 Å². The van der Waals surface area contributed by atoms with Crippen LogP contribution in [0.25, 0.3) is 0 Å². The van der Waals surface area contributed by atoms with Crippen LogP contribution >= 0.6 is 15.9 Å². The molecule has 0 saturated heterocycles. The molecule has 0 atom stereocenters. The molecule has 20 heavy (non-hydrogen) atoms. The highest BCUT2D eigenvalue weighted by Crippen LogP contribution is 2.32. The summed E-state index contributed by atoms with van der Waals surface area (Å²) >= 11 is 3.36. The lowest BCUT2D eigenvalue weighted by Crippen LogP contribution is -1.99. The van der Waals surface area contributed by atoms with Gasteiger partial charge < -0.3 is 14.6 Å². The fourth-order valence-corrected chi connectivity index (χ4v) is 1.78. The lowest BCUT2D eigenvalue weighted by molar-refractivity contribution is 0.0696. The number of rotatable bonds is 4. The molecule has 0 bridgehead atoms. The molecule has 1 aromatic carbocycles. The van der Waals surface area contributed by atoms with Crippen LogP contribution in [0.2, 0.25) is 0 Å². The summed E-state index contributed by atoms with van der Waals surface area (Å²) in [4.78, 5) is 15.0. The highest BCUT2D eigenvalue weighted by Gasteiger charge is 2.11. The van der Waals surface area contributed by atoms with E-state index in [4.69, 9.17) is 14.6 Å². The Morgan fingerprint density at radius 1 is 1.30 bits per heavy atom. The number of nitrogens with zero attached hydrogens (tertiary/aromatic N) is 1. The molecule has 0 aliphatic rings. The van der Waals surface area contributed by atoms with Crippen molar-refractivity contribution in [2.75, 3.05) is 7.11 Å². The van der Waals surface area contributed by atoms with E-state index in [1.165, 1.54) is 19.2 Å². The second-order valence-electron chi connectivity index (χ2n) is 4.04. The molecule has 1 aromatic heterocycles. The molecule has 2 aromatic rings. The summed E-state index contributed by atoms with van der Waals surface area (Å²) in [5.41, 5.74) is 1.12. The van der Waals surface area contributed by atoms with Crippen LogP contribution in [0.15, 0.2) is 34.9 Å². The van der Waals surface area contributed by atoms with Crippen molar-refractivity contribution in [3.8, 4) is 17.4 Å². The van der Waals surface area contributed by atoms with Crippen LogP contribution in [0, 0.1) is 6.92 Å². The van der Waals surface area contributed by atoms with Gasteiger partial charge in [-0.1, -0.05) is 0 Å². The van der Waals surface area contributed by atoms with E-state index in [1.807, 2.05) is 6.92 Å². The molecule has 0 saturated carbocycles. The first-order valence-corrected chi connectivity index (χ1v) is 6.52. The lowest BCUT2D eigenvalue weighted by atomic mass is 10.2. The van der Waals surface area contributed by atoms with Gasteiger partial charge in [0.05, 0.1) is 12.7 Å². The minimum atomic E-state index is -1.02. The molecule has 0 amide bonds. The van der Waals surface area contributed by atoms with Crippen LogP contribution < -0.4 is 9.47 Å². The Labute approximate surface area is 124 Å². The molecule has 0 unspecified atom stereocenters. The number of halogens is 1. The van der Waals surface area contributed by atoms with E-state index in [0.717, 1.165) is 10.0 Å². The lowest BCUT2D eigenvalue weighted by Gasteiger charge is -2.11. The standard InChI is InChI=1S/C14H12BrNO4/c1-8-5-13(16-7-10(8)15)20-11-4-3-9(14(17)18)6-12(11)19-2/h3-7H,1-2H3,(H,17,18). The Morgan fingerprint density at radius 3 is 2.65 bits per heavy atom. The number of aryl methyl sites for hydroxylation is 1. The maximum absolute atomic E-state index is 10.9. The molecule has 1 heterocycles. The molecule has 2 rings (SSSR count). The maximum atomic E-state index is 10.9. The van der Waals surface area contributed by atoms with E-state index in [0.29, 0.717) is 17.4 Å². The van der Waals surface area contributed by atoms with E-state index in [1.54, 1.807) is 18.3 Å². The number of carboxylic acid groups (broad SMARTS) is 1. The predicted octanol–water partition coefficient (Wildman–Crippen LogP) is 3.65. The van der Waals surface area contributed by atoms with E-state index < -0.39 is 5.97 Å². The third-order valence-electron chi connectivity index (χ3n) is 2.65. The second kappa shape index (κ2) is 5.92. The van der Waals surface area contributed by atoms with Crippen molar-refractivity contribution < 1.29 is 19.4 Å². The summed E-state index contributed by atoms with van der Waals surface area (Å²) in [5, 5.41) is 8.94. The Morgan fingerprint density at radius 2 is 2.05 bits per heavy atom. The fourth-order valence-electron chi connectivity index (χ4n) is 1.57. The zero-order valence-corrected chi connectivity index (χ0v) is 12.5. The zero-order valence-electron chi connectivity index (χ0n) is 10.9. The summed E-state index contributed by atoms with van der Waals surface area (Å²) in [7, 11) is 1.45. The topological polar surface area (TPSA) is 68.7 Å². The van der Waals surface area contributed by atoms with Crippen LogP contribution in [0.1, 0.15) is 15.9 Å². The molecule has 5 nitrogen and oxygen atoms in total. The van der Waals surface area contributed by atoms with Crippen LogP contribution in [0.4, 0.5) is 0 Å². The average molecular weight is 338 g/mol. The van der Waals surface area contributed by atoms with E-state index >= 15 is 0 Å². The van der Waals surface area contributed by atoms with Crippen molar-refractivity contribution in [3.05, 3.63) is 46.1 Å². The molecule has 104 valence electrons. The van der Waals surface area contributed by atoms with E-state index in [2.05, 4.69) is 20.9 Å². The Balaban J connectivity index is 2.32. The van der Waals surface area contributed by atoms with Crippen LogP contribution in [-0.2, 0) is 0 Å². The highest BCUT2D eigenvalue weighted by molar-refractivity contribution is 9.10. The zero-order chi connectivity index (χ0) is 14.7. The number of pyridine rings is 1. The number of hydrogen-bond donors (Lipinski definition) is 1. The molecular formula is C14H12BrNO4. The first kappa shape index (κ1) is 14.3. The number of carbonyl (C=O) groups is 1. The summed E-state index contributed by atoms with van der Waals surface area (Å²) in [6.07, 6.45) is 1.64. The third kappa shape index (κ3) is 3.08. The summed E-state index contributed by atoms with van der Waals surface area (Å²) < 4.78 is 11.6. The second-order valence-corrected chi connectivity index (χ2v) is 4.90. The number of aromatic nitrogens is 1. The molecule has 0 radical (unpaired) electrons. The SMILES string of the molecule is COc1cc(C(=O)O)ccc1Oc1cc(C)c(Br)cn1. The molecule has 0 spiro atoms. The van der Waals surface area contributed by atoms with Gasteiger partial charge in [0.1, 0.15) is 0 Å². The van der Waals surface area contributed by atoms with Gasteiger partial charge in [-0.3, -0.25) is 0 Å².